The number of hydrogen-bond acceptors (Lipinski definition) is 5. The Balaban J connectivity index is 1.30. The third-order valence-corrected chi connectivity index (χ3v) is 6.91. The maximum atomic E-state index is 14.1. The van der Waals surface area contributed by atoms with Crippen molar-refractivity contribution in [2.75, 3.05) is 19.7 Å². The Labute approximate surface area is 215 Å². The second kappa shape index (κ2) is 11.2. The van der Waals surface area contributed by atoms with E-state index in [4.69, 9.17) is 13.9 Å². The van der Waals surface area contributed by atoms with Crippen molar-refractivity contribution >= 4 is 11.8 Å². The third-order valence-electron chi connectivity index (χ3n) is 6.91. The average molecular weight is 507 g/mol. The molecule has 0 spiro atoms. The summed E-state index contributed by atoms with van der Waals surface area (Å²) in [5.41, 5.74) is 2.75. The topological polar surface area (TPSA) is 81.0 Å². The van der Waals surface area contributed by atoms with Gasteiger partial charge in [0, 0.05) is 26.1 Å². The zero-order valence-corrected chi connectivity index (χ0v) is 20.9. The molecule has 2 aliphatic rings. The maximum Gasteiger partial charge on any atom is 0.287 e. The van der Waals surface area contributed by atoms with Gasteiger partial charge in [-0.25, -0.2) is 4.39 Å². The molecule has 3 heterocycles. The minimum absolute atomic E-state index is 0.0205. The summed E-state index contributed by atoms with van der Waals surface area (Å²) in [4.78, 5) is 27.0. The summed E-state index contributed by atoms with van der Waals surface area (Å²) in [6, 6.07) is 15.2. The molecule has 1 fully saturated rings. The zero-order chi connectivity index (χ0) is 25.8. The molecule has 2 aliphatic heterocycles. The number of carbonyl (C=O) groups is 2. The van der Waals surface area contributed by atoms with Gasteiger partial charge in [0.25, 0.3) is 5.91 Å². The van der Waals surface area contributed by atoms with Crippen LogP contribution in [0, 0.1) is 5.82 Å². The number of nitrogens with one attached hydrogen (secondary N) is 1. The highest BCUT2D eigenvalue weighted by Gasteiger charge is 2.32. The average Bonchev–Trinajstić information content (AvgIpc) is 3.62. The number of nitrogens with zero attached hydrogens (tertiary/aromatic N) is 1. The lowest BCUT2D eigenvalue weighted by Gasteiger charge is -2.38. The molecule has 0 aliphatic carbocycles. The van der Waals surface area contributed by atoms with Gasteiger partial charge in [-0.05, 0) is 72.4 Å². The van der Waals surface area contributed by atoms with Gasteiger partial charge in [-0.3, -0.25) is 9.59 Å². The highest BCUT2D eigenvalue weighted by Crippen LogP contribution is 2.38. The molecule has 2 amide bonds. The Bertz CT molecular complexity index is 1270. The van der Waals surface area contributed by atoms with Crippen molar-refractivity contribution in [3.05, 3.63) is 88.6 Å². The summed E-state index contributed by atoms with van der Waals surface area (Å²) >= 11 is 0. The second-order valence-corrected chi connectivity index (χ2v) is 9.41. The first kappa shape index (κ1) is 25.0. The molecular weight excluding hydrogens is 475 g/mol. The highest BCUT2D eigenvalue weighted by molar-refractivity contribution is 5.91. The van der Waals surface area contributed by atoms with Gasteiger partial charge in [-0.1, -0.05) is 25.1 Å². The van der Waals surface area contributed by atoms with Crippen LogP contribution in [0.25, 0.3) is 0 Å². The van der Waals surface area contributed by atoms with Crippen LogP contribution < -0.4 is 10.1 Å². The fourth-order valence-electron chi connectivity index (χ4n) is 5.02. The first-order chi connectivity index (χ1) is 18.0. The maximum absolute atomic E-state index is 14.1. The smallest absolute Gasteiger partial charge is 0.287 e. The summed E-state index contributed by atoms with van der Waals surface area (Å²) in [5, 5.41) is 2.85. The SMILES string of the molecule is CCC(=O)N1CCc2ccc(OCc3ccc(C(=O)NC[C@@H]4CCCO4)o3)cc2[C@@H]1c1cccc(F)c1. The summed E-state index contributed by atoms with van der Waals surface area (Å²) < 4.78 is 31.3. The van der Waals surface area contributed by atoms with Gasteiger partial charge in [-0.2, -0.15) is 0 Å². The van der Waals surface area contributed by atoms with Gasteiger partial charge in [-0.15, -0.1) is 0 Å². The van der Waals surface area contributed by atoms with E-state index in [-0.39, 0.29) is 36.1 Å². The van der Waals surface area contributed by atoms with E-state index in [0.717, 1.165) is 42.6 Å². The van der Waals surface area contributed by atoms with Crippen molar-refractivity contribution < 1.29 is 27.9 Å². The first-order valence-electron chi connectivity index (χ1n) is 12.8. The minimum Gasteiger partial charge on any atom is -0.486 e. The van der Waals surface area contributed by atoms with Gasteiger partial charge < -0.3 is 24.1 Å². The number of amides is 2. The van der Waals surface area contributed by atoms with E-state index in [1.807, 2.05) is 36.1 Å². The molecule has 2 aromatic carbocycles. The zero-order valence-electron chi connectivity index (χ0n) is 20.9. The Morgan fingerprint density at radius 1 is 1.16 bits per heavy atom. The van der Waals surface area contributed by atoms with Crippen LogP contribution in [0.3, 0.4) is 0 Å². The number of carbonyl (C=O) groups excluding carboxylic acids is 2. The normalized spacial score (nSPS) is 18.9. The molecule has 1 aromatic heterocycles. The van der Waals surface area contributed by atoms with E-state index in [9.17, 15) is 14.0 Å². The molecule has 0 radical (unpaired) electrons. The van der Waals surface area contributed by atoms with Gasteiger partial charge in [0.1, 0.15) is 23.9 Å². The lowest BCUT2D eigenvalue weighted by molar-refractivity contribution is -0.132. The fourth-order valence-corrected chi connectivity index (χ4v) is 5.02. The third kappa shape index (κ3) is 5.69. The standard InChI is InChI=1S/C29H31FN2O5/c1-2-27(33)32-13-12-19-8-9-22(16-25(19)28(32)20-5-3-6-21(30)15-20)36-18-24-10-11-26(37-24)29(34)31-17-23-7-4-14-35-23/h3,5-6,8-11,15-16,23,28H,2,4,7,12-14,17-18H2,1H3,(H,31,34)/t23-,28-/m0/s1. The Morgan fingerprint density at radius 2 is 2.05 bits per heavy atom. The molecule has 194 valence electrons. The lowest BCUT2D eigenvalue weighted by atomic mass is 9.87. The predicted molar refractivity (Wildman–Crippen MR) is 135 cm³/mol. The van der Waals surface area contributed by atoms with E-state index in [1.54, 1.807) is 18.2 Å². The van der Waals surface area contributed by atoms with Crippen LogP contribution in [0.15, 0.2) is 59.0 Å². The van der Waals surface area contributed by atoms with Gasteiger partial charge in [0.15, 0.2) is 5.76 Å². The van der Waals surface area contributed by atoms with Crippen molar-refractivity contribution in [3.8, 4) is 5.75 Å². The van der Waals surface area contributed by atoms with Crippen LogP contribution in [-0.2, 0) is 22.6 Å². The summed E-state index contributed by atoms with van der Waals surface area (Å²) in [6.07, 6.45) is 3.12. The van der Waals surface area contributed by atoms with Crippen LogP contribution in [0.2, 0.25) is 0 Å². The molecule has 5 rings (SSSR count). The van der Waals surface area contributed by atoms with Gasteiger partial charge in [0.2, 0.25) is 5.91 Å². The number of ether oxygens (including phenoxy) is 2. The van der Waals surface area contributed by atoms with Crippen molar-refractivity contribution in [1.82, 2.24) is 10.2 Å². The van der Waals surface area contributed by atoms with Crippen molar-refractivity contribution in [2.24, 2.45) is 0 Å². The summed E-state index contributed by atoms with van der Waals surface area (Å²) in [5.74, 6) is 0.744. The highest BCUT2D eigenvalue weighted by atomic mass is 19.1. The van der Waals surface area contributed by atoms with Gasteiger partial charge >= 0.3 is 0 Å². The molecule has 8 heteroatoms. The molecule has 1 N–H and O–H groups in total. The van der Waals surface area contributed by atoms with Crippen molar-refractivity contribution in [1.29, 1.82) is 0 Å². The fraction of sp³-hybridized carbons (Fsp3) is 0.379. The number of fused-ring (bicyclic) bond motifs is 1. The molecule has 37 heavy (non-hydrogen) atoms. The molecule has 2 atom stereocenters. The minimum atomic E-state index is -0.391. The Hall–Kier alpha value is -3.65. The summed E-state index contributed by atoms with van der Waals surface area (Å²) in [6.45, 7) is 3.75. The van der Waals surface area contributed by atoms with E-state index < -0.39 is 6.04 Å². The molecular formula is C29H31FN2O5. The molecule has 3 aromatic rings. The van der Waals surface area contributed by atoms with Gasteiger partial charge in [0.05, 0.1) is 12.1 Å². The number of hydrogen-bond donors (Lipinski definition) is 1. The molecule has 0 unspecified atom stereocenters. The van der Waals surface area contributed by atoms with Crippen molar-refractivity contribution in [3.63, 3.8) is 0 Å². The Kier molecular flexibility index (Phi) is 7.55. The molecule has 0 bridgehead atoms. The number of furan rings is 1. The van der Waals surface area contributed by atoms with E-state index in [1.165, 1.54) is 12.1 Å². The van der Waals surface area contributed by atoms with E-state index in [0.29, 0.717) is 31.0 Å². The quantitative estimate of drug-likeness (QED) is 0.475. The number of rotatable bonds is 8. The van der Waals surface area contributed by atoms with Crippen LogP contribution in [0.5, 0.6) is 5.75 Å². The Morgan fingerprint density at radius 3 is 2.84 bits per heavy atom. The molecule has 0 saturated carbocycles. The lowest BCUT2D eigenvalue weighted by Crippen LogP contribution is -2.40. The van der Waals surface area contributed by atoms with E-state index in [2.05, 4.69) is 5.32 Å². The van der Waals surface area contributed by atoms with Crippen LogP contribution in [0.1, 0.15) is 65.2 Å². The van der Waals surface area contributed by atoms with Crippen molar-refractivity contribution in [2.45, 2.75) is 51.4 Å². The largest absolute Gasteiger partial charge is 0.486 e. The number of halogens is 1. The van der Waals surface area contributed by atoms with Crippen LogP contribution >= 0.6 is 0 Å². The monoisotopic (exact) mass is 506 g/mol. The van der Waals surface area contributed by atoms with Crippen LogP contribution in [0.4, 0.5) is 4.39 Å². The molecule has 7 nitrogen and oxygen atoms in total. The summed E-state index contributed by atoms with van der Waals surface area (Å²) in [7, 11) is 0. The predicted octanol–water partition coefficient (Wildman–Crippen LogP) is 4.79. The van der Waals surface area contributed by atoms with Crippen LogP contribution in [-0.4, -0.2) is 42.5 Å². The first-order valence-corrected chi connectivity index (χ1v) is 12.8. The molecule has 1 saturated heterocycles. The van der Waals surface area contributed by atoms with E-state index >= 15 is 0 Å². The number of benzene rings is 2. The second-order valence-electron chi connectivity index (χ2n) is 9.41.